The molecule has 0 unspecified atom stereocenters. The summed E-state index contributed by atoms with van der Waals surface area (Å²) in [5.74, 6) is -0.684. The molecule has 2 N–H and O–H groups in total. The van der Waals surface area contributed by atoms with E-state index in [1.165, 1.54) is 0 Å². The second kappa shape index (κ2) is 5.64. The van der Waals surface area contributed by atoms with Gasteiger partial charge in [0.15, 0.2) is 0 Å². The maximum Gasteiger partial charge on any atom is 0.305 e. The molecule has 1 aromatic rings. The van der Waals surface area contributed by atoms with Crippen LogP contribution in [0.2, 0.25) is 0 Å². The van der Waals surface area contributed by atoms with Gasteiger partial charge in [0.2, 0.25) is 0 Å². The van der Waals surface area contributed by atoms with Crippen molar-refractivity contribution in [3.8, 4) is 0 Å². The molecule has 0 saturated heterocycles. The SMILES string of the molecule is CCc1noc(C)c1C(=O)NC1(CC(=O)O)CCCC1. The van der Waals surface area contributed by atoms with Gasteiger partial charge in [0.1, 0.15) is 11.3 Å². The summed E-state index contributed by atoms with van der Waals surface area (Å²) in [4.78, 5) is 23.5. The number of hydrogen-bond donors (Lipinski definition) is 2. The van der Waals surface area contributed by atoms with Crippen LogP contribution in [0.25, 0.3) is 0 Å². The molecule has 0 aromatic carbocycles. The van der Waals surface area contributed by atoms with E-state index in [2.05, 4.69) is 10.5 Å². The lowest BCUT2D eigenvalue weighted by atomic mass is 9.92. The Labute approximate surface area is 117 Å². The van der Waals surface area contributed by atoms with Crippen molar-refractivity contribution in [3.63, 3.8) is 0 Å². The third kappa shape index (κ3) is 2.84. The van der Waals surface area contributed by atoms with Crippen molar-refractivity contribution >= 4 is 11.9 Å². The number of carbonyl (C=O) groups excluding carboxylic acids is 1. The largest absolute Gasteiger partial charge is 0.481 e. The fourth-order valence-corrected chi connectivity index (χ4v) is 2.94. The van der Waals surface area contributed by atoms with E-state index in [0.29, 0.717) is 36.3 Å². The summed E-state index contributed by atoms with van der Waals surface area (Å²) in [5, 5.41) is 15.8. The van der Waals surface area contributed by atoms with Crippen LogP contribution in [0.3, 0.4) is 0 Å². The highest BCUT2D eigenvalue weighted by Crippen LogP contribution is 2.33. The van der Waals surface area contributed by atoms with Crippen LogP contribution in [-0.4, -0.2) is 27.7 Å². The van der Waals surface area contributed by atoms with Gasteiger partial charge in [0.05, 0.1) is 17.7 Å². The van der Waals surface area contributed by atoms with Crippen LogP contribution in [-0.2, 0) is 11.2 Å². The summed E-state index contributed by atoms with van der Waals surface area (Å²) in [6.45, 7) is 3.59. The number of aromatic nitrogens is 1. The zero-order chi connectivity index (χ0) is 14.8. The number of aliphatic carboxylic acids is 1. The zero-order valence-electron chi connectivity index (χ0n) is 11.9. The van der Waals surface area contributed by atoms with Gasteiger partial charge >= 0.3 is 5.97 Å². The first-order valence-corrected chi connectivity index (χ1v) is 6.97. The first kappa shape index (κ1) is 14.6. The van der Waals surface area contributed by atoms with Crippen molar-refractivity contribution in [1.29, 1.82) is 0 Å². The minimum Gasteiger partial charge on any atom is -0.481 e. The summed E-state index contributed by atoms with van der Waals surface area (Å²) in [6, 6.07) is 0. The first-order chi connectivity index (χ1) is 9.47. The van der Waals surface area contributed by atoms with Gasteiger partial charge in [0.25, 0.3) is 5.91 Å². The molecule has 1 saturated carbocycles. The monoisotopic (exact) mass is 280 g/mol. The van der Waals surface area contributed by atoms with Gasteiger partial charge in [-0.3, -0.25) is 9.59 Å². The molecule has 0 aliphatic heterocycles. The lowest BCUT2D eigenvalue weighted by Gasteiger charge is -2.28. The first-order valence-electron chi connectivity index (χ1n) is 6.97. The van der Waals surface area contributed by atoms with E-state index < -0.39 is 11.5 Å². The Morgan fingerprint density at radius 3 is 2.60 bits per heavy atom. The van der Waals surface area contributed by atoms with Crippen molar-refractivity contribution in [2.24, 2.45) is 0 Å². The molecule has 1 amide bonds. The number of amides is 1. The molecule has 1 aromatic heterocycles. The lowest BCUT2D eigenvalue weighted by molar-refractivity contribution is -0.138. The smallest absolute Gasteiger partial charge is 0.305 e. The highest BCUT2D eigenvalue weighted by atomic mass is 16.5. The molecule has 1 heterocycles. The summed E-state index contributed by atoms with van der Waals surface area (Å²) in [5.41, 5.74) is 0.435. The van der Waals surface area contributed by atoms with E-state index in [-0.39, 0.29) is 12.3 Å². The van der Waals surface area contributed by atoms with Crippen molar-refractivity contribution < 1.29 is 19.2 Å². The topological polar surface area (TPSA) is 92.4 Å². The fraction of sp³-hybridized carbons (Fsp3) is 0.643. The summed E-state index contributed by atoms with van der Waals surface area (Å²) in [7, 11) is 0. The van der Waals surface area contributed by atoms with E-state index in [0.717, 1.165) is 12.8 Å². The maximum absolute atomic E-state index is 12.4. The molecule has 0 radical (unpaired) electrons. The molecule has 20 heavy (non-hydrogen) atoms. The van der Waals surface area contributed by atoms with Crippen LogP contribution in [0.1, 0.15) is 60.8 Å². The average Bonchev–Trinajstić information content (AvgIpc) is 2.95. The molecule has 1 fully saturated rings. The summed E-state index contributed by atoms with van der Waals surface area (Å²) >= 11 is 0. The Hall–Kier alpha value is -1.85. The highest BCUT2D eigenvalue weighted by Gasteiger charge is 2.38. The predicted octanol–water partition coefficient (Wildman–Crippen LogP) is 2.06. The number of rotatable bonds is 5. The van der Waals surface area contributed by atoms with E-state index in [1.54, 1.807) is 6.92 Å². The van der Waals surface area contributed by atoms with E-state index in [4.69, 9.17) is 9.63 Å². The van der Waals surface area contributed by atoms with Gasteiger partial charge in [0, 0.05) is 0 Å². The van der Waals surface area contributed by atoms with Gasteiger partial charge in [-0.2, -0.15) is 0 Å². The van der Waals surface area contributed by atoms with Crippen LogP contribution in [0.4, 0.5) is 0 Å². The molecule has 0 bridgehead atoms. The Morgan fingerprint density at radius 1 is 1.40 bits per heavy atom. The standard InChI is InChI=1S/C14H20N2O4/c1-3-10-12(9(2)20-16-10)13(19)15-14(8-11(17)18)6-4-5-7-14/h3-8H2,1-2H3,(H,15,19)(H,17,18). The third-order valence-electron chi connectivity index (χ3n) is 3.92. The lowest BCUT2D eigenvalue weighted by Crippen LogP contribution is -2.48. The number of nitrogens with one attached hydrogen (secondary N) is 1. The van der Waals surface area contributed by atoms with E-state index >= 15 is 0 Å². The average molecular weight is 280 g/mol. The normalized spacial score (nSPS) is 17.1. The fourth-order valence-electron chi connectivity index (χ4n) is 2.94. The molecule has 1 aliphatic rings. The van der Waals surface area contributed by atoms with Crippen LogP contribution >= 0.6 is 0 Å². The van der Waals surface area contributed by atoms with Gasteiger partial charge in [-0.05, 0) is 26.2 Å². The molecule has 0 spiro atoms. The van der Waals surface area contributed by atoms with Crippen molar-refractivity contribution in [2.45, 2.75) is 57.9 Å². The van der Waals surface area contributed by atoms with Gasteiger partial charge in [-0.15, -0.1) is 0 Å². The van der Waals surface area contributed by atoms with Crippen LogP contribution in [0.5, 0.6) is 0 Å². The summed E-state index contributed by atoms with van der Waals surface area (Å²) in [6.07, 6.45) is 3.86. The number of nitrogens with zero attached hydrogens (tertiary/aromatic N) is 1. The Bertz CT molecular complexity index is 515. The molecule has 6 nitrogen and oxygen atoms in total. The molecule has 2 rings (SSSR count). The highest BCUT2D eigenvalue weighted by molar-refractivity contribution is 5.97. The Morgan fingerprint density at radius 2 is 2.05 bits per heavy atom. The van der Waals surface area contributed by atoms with E-state index in [9.17, 15) is 9.59 Å². The molecular weight excluding hydrogens is 260 g/mol. The van der Waals surface area contributed by atoms with Crippen molar-refractivity contribution in [3.05, 3.63) is 17.0 Å². The van der Waals surface area contributed by atoms with Crippen molar-refractivity contribution in [2.75, 3.05) is 0 Å². The minimum atomic E-state index is -0.884. The predicted molar refractivity (Wildman–Crippen MR) is 71.5 cm³/mol. The third-order valence-corrected chi connectivity index (χ3v) is 3.92. The molecule has 1 aliphatic carbocycles. The maximum atomic E-state index is 12.4. The Balaban J connectivity index is 2.20. The number of carboxylic acid groups (broad SMARTS) is 1. The van der Waals surface area contributed by atoms with Gasteiger partial charge < -0.3 is 14.9 Å². The minimum absolute atomic E-state index is 0.0372. The number of hydrogen-bond acceptors (Lipinski definition) is 4. The second-order valence-electron chi connectivity index (χ2n) is 5.43. The second-order valence-corrected chi connectivity index (χ2v) is 5.43. The molecule has 6 heteroatoms. The van der Waals surface area contributed by atoms with E-state index in [1.807, 2.05) is 6.92 Å². The molecular formula is C14H20N2O4. The van der Waals surface area contributed by atoms with Gasteiger partial charge in [-0.25, -0.2) is 0 Å². The number of carboxylic acids is 1. The Kier molecular flexibility index (Phi) is 4.11. The summed E-state index contributed by atoms with van der Waals surface area (Å²) < 4.78 is 5.06. The van der Waals surface area contributed by atoms with Crippen LogP contribution < -0.4 is 5.32 Å². The number of carbonyl (C=O) groups is 2. The number of aryl methyl sites for hydroxylation is 2. The van der Waals surface area contributed by atoms with Crippen LogP contribution in [0, 0.1) is 6.92 Å². The quantitative estimate of drug-likeness (QED) is 0.861. The van der Waals surface area contributed by atoms with Gasteiger partial charge in [-0.1, -0.05) is 24.9 Å². The zero-order valence-corrected chi connectivity index (χ0v) is 11.9. The molecule has 110 valence electrons. The molecule has 0 atom stereocenters. The van der Waals surface area contributed by atoms with Crippen LogP contribution in [0.15, 0.2) is 4.52 Å². The van der Waals surface area contributed by atoms with Crippen molar-refractivity contribution in [1.82, 2.24) is 10.5 Å².